The molecule has 1 aromatic rings. The summed E-state index contributed by atoms with van der Waals surface area (Å²) in [5.74, 6) is 0.285. The predicted octanol–water partition coefficient (Wildman–Crippen LogP) is 0.731. The number of carbonyl (C=O) groups is 1. The van der Waals surface area contributed by atoms with E-state index in [2.05, 4.69) is 15.3 Å². The predicted molar refractivity (Wildman–Crippen MR) is 79.4 cm³/mol. The van der Waals surface area contributed by atoms with Gasteiger partial charge in [0.2, 0.25) is 17.7 Å². The van der Waals surface area contributed by atoms with Gasteiger partial charge in [0.15, 0.2) is 0 Å². The second-order valence-electron chi connectivity index (χ2n) is 4.49. The Morgan fingerprint density at radius 2 is 2.10 bits per heavy atom. The number of carbonyl (C=O) groups excluding carboxylic acids is 1. The topological polar surface area (TPSA) is 104 Å². The van der Waals surface area contributed by atoms with Gasteiger partial charge in [0.05, 0.1) is 11.5 Å². The van der Waals surface area contributed by atoms with Gasteiger partial charge in [-0.05, 0) is 13.8 Å². The molecule has 9 nitrogen and oxygen atoms in total. The Morgan fingerprint density at radius 1 is 1.43 bits per heavy atom. The van der Waals surface area contributed by atoms with Crippen molar-refractivity contribution in [1.29, 1.82) is 0 Å². The van der Waals surface area contributed by atoms with Gasteiger partial charge in [0, 0.05) is 27.2 Å². The van der Waals surface area contributed by atoms with Crippen LogP contribution in [-0.4, -0.2) is 59.4 Å². The van der Waals surface area contributed by atoms with Crippen molar-refractivity contribution in [2.75, 3.05) is 43.9 Å². The third-order valence-electron chi connectivity index (χ3n) is 2.79. The molecule has 0 unspecified atom stereocenters. The van der Waals surface area contributed by atoms with Crippen LogP contribution in [-0.2, 0) is 4.79 Å². The Labute approximate surface area is 123 Å². The van der Waals surface area contributed by atoms with E-state index in [0.29, 0.717) is 19.0 Å². The molecule has 116 valence electrons. The summed E-state index contributed by atoms with van der Waals surface area (Å²) in [6.45, 7) is 4.72. The number of rotatable bonds is 7. The highest BCUT2D eigenvalue weighted by Gasteiger charge is 2.24. The summed E-state index contributed by atoms with van der Waals surface area (Å²) >= 11 is 0. The van der Waals surface area contributed by atoms with Gasteiger partial charge in [0.1, 0.15) is 6.20 Å². The van der Waals surface area contributed by atoms with Gasteiger partial charge in [-0.1, -0.05) is 0 Å². The smallest absolute Gasteiger partial charge is 0.329 e. The van der Waals surface area contributed by atoms with Gasteiger partial charge in [0.25, 0.3) is 0 Å². The monoisotopic (exact) mass is 296 g/mol. The van der Waals surface area contributed by atoms with Crippen molar-refractivity contribution in [3.8, 4) is 0 Å². The number of aromatic nitrogens is 2. The molecule has 1 N–H and O–H groups in total. The Balaban J connectivity index is 3.17. The van der Waals surface area contributed by atoms with Crippen molar-refractivity contribution in [3.05, 3.63) is 16.3 Å². The molecule has 0 aromatic carbocycles. The molecule has 0 bridgehead atoms. The molecular formula is C12H20N6O3. The highest BCUT2D eigenvalue weighted by Crippen LogP contribution is 2.25. The van der Waals surface area contributed by atoms with Crippen molar-refractivity contribution in [2.24, 2.45) is 0 Å². The average Bonchev–Trinajstić information content (AvgIpc) is 2.44. The van der Waals surface area contributed by atoms with Crippen LogP contribution in [0.1, 0.15) is 13.8 Å². The second kappa shape index (κ2) is 7.36. The molecule has 0 aliphatic carbocycles. The molecule has 0 aliphatic rings. The first-order valence-electron chi connectivity index (χ1n) is 6.61. The summed E-state index contributed by atoms with van der Waals surface area (Å²) in [7, 11) is 3.27. The Bertz CT molecular complexity index is 520. The Kier molecular flexibility index (Phi) is 5.82. The summed E-state index contributed by atoms with van der Waals surface area (Å²) in [6.07, 6.45) is 1.16. The molecule has 1 heterocycles. The van der Waals surface area contributed by atoms with E-state index >= 15 is 0 Å². The first-order valence-corrected chi connectivity index (χ1v) is 6.61. The Morgan fingerprint density at radius 3 is 2.57 bits per heavy atom. The third-order valence-corrected chi connectivity index (χ3v) is 2.79. The fourth-order valence-corrected chi connectivity index (χ4v) is 1.61. The normalized spacial score (nSPS) is 10.1. The van der Waals surface area contributed by atoms with Crippen molar-refractivity contribution < 1.29 is 9.72 Å². The van der Waals surface area contributed by atoms with Gasteiger partial charge < -0.3 is 15.1 Å². The van der Waals surface area contributed by atoms with Crippen LogP contribution in [0, 0.1) is 10.1 Å². The van der Waals surface area contributed by atoms with Crippen LogP contribution in [0.3, 0.4) is 0 Å². The fourth-order valence-electron chi connectivity index (χ4n) is 1.61. The summed E-state index contributed by atoms with van der Waals surface area (Å²) in [5, 5.41) is 14.0. The van der Waals surface area contributed by atoms with Gasteiger partial charge in [-0.2, -0.15) is 4.98 Å². The SMILES string of the molecule is CCNc1ncc([N+](=O)[O-])c(N(CC)CC(=O)N(C)C)n1. The number of hydrogen-bond donors (Lipinski definition) is 1. The zero-order chi connectivity index (χ0) is 16.0. The maximum Gasteiger partial charge on any atom is 0.329 e. The zero-order valence-electron chi connectivity index (χ0n) is 12.7. The fraction of sp³-hybridized carbons (Fsp3) is 0.583. The number of nitrogens with one attached hydrogen (secondary N) is 1. The third kappa shape index (κ3) is 4.26. The molecule has 9 heteroatoms. The molecule has 0 radical (unpaired) electrons. The van der Waals surface area contributed by atoms with Crippen LogP contribution in [0.15, 0.2) is 6.20 Å². The average molecular weight is 296 g/mol. The minimum atomic E-state index is -0.548. The van der Waals surface area contributed by atoms with E-state index in [-0.39, 0.29) is 24.0 Å². The van der Waals surface area contributed by atoms with E-state index in [1.54, 1.807) is 19.0 Å². The van der Waals surface area contributed by atoms with E-state index in [4.69, 9.17) is 0 Å². The molecule has 0 spiro atoms. The molecule has 0 saturated heterocycles. The number of likely N-dealkylation sites (N-methyl/N-ethyl adjacent to an activating group) is 2. The van der Waals surface area contributed by atoms with Crippen molar-refractivity contribution in [1.82, 2.24) is 14.9 Å². The first-order chi connectivity index (χ1) is 9.90. The molecule has 1 aromatic heterocycles. The lowest BCUT2D eigenvalue weighted by atomic mass is 10.3. The van der Waals surface area contributed by atoms with Crippen LogP contribution in [0.5, 0.6) is 0 Å². The van der Waals surface area contributed by atoms with E-state index in [9.17, 15) is 14.9 Å². The Hall–Kier alpha value is -2.45. The number of anilines is 2. The molecule has 1 amide bonds. The maximum atomic E-state index is 11.8. The highest BCUT2D eigenvalue weighted by atomic mass is 16.6. The van der Waals surface area contributed by atoms with Crippen LogP contribution in [0.25, 0.3) is 0 Å². The van der Waals surface area contributed by atoms with Crippen LogP contribution >= 0.6 is 0 Å². The quantitative estimate of drug-likeness (QED) is 0.584. The van der Waals surface area contributed by atoms with Crippen molar-refractivity contribution in [3.63, 3.8) is 0 Å². The van der Waals surface area contributed by atoms with Crippen LogP contribution < -0.4 is 10.2 Å². The lowest BCUT2D eigenvalue weighted by molar-refractivity contribution is -0.384. The standard InChI is InChI=1S/C12H20N6O3/c1-5-13-12-14-7-9(18(20)21)11(15-12)17(6-2)8-10(19)16(3)4/h7H,5-6,8H2,1-4H3,(H,13,14,15). The van der Waals surface area contributed by atoms with E-state index in [1.807, 2.05) is 13.8 Å². The summed E-state index contributed by atoms with van der Waals surface area (Å²) < 4.78 is 0. The number of amides is 1. The van der Waals surface area contributed by atoms with Crippen LogP contribution in [0.2, 0.25) is 0 Å². The lowest BCUT2D eigenvalue weighted by Crippen LogP contribution is -2.37. The molecule has 21 heavy (non-hydrogen) atoms. The molecule has 0 atom stereocenters. The molecule has 0 saturated carbocycles. The molecule has 0 fully saturated rings. The zero-order valence-corrected chi connectivity index (χ0v) is 12.7. The summed E-state index contributed by atoms with van der Waals surface area (Å²) in [6, 6.07) is 0. The van der Waals surface area contributed by atoms with Crippen molar-refractivity contribution >= 4 is 23.4 Å². The van der Waals surface area contributed by atoms with E-state index in [0.717, 1.165) is 6.20 Å². The molecule has 0 aliphatic heterocycles. The van der Waals surface area contributed by atoms with Gasteiger partial charge in [-0.3, -0.25) is 14.9 Å². The highest BCUT2D eigenvalue weighted by molar-refractivity contribution is 5.81. The first kappa shape index (κ1) is 16.6. The summed E-state index contributed by atoms with van der Waals surface area (Å²) in [5.41, 5.74) is -0.218. The minimum absolute atomic E-state index is 0.0208. The number of hydrogen-bond acceptors (Lipinski definition) is 7. The second-order valence-corrected chi connectivity index (χ2v) is 4.49. The van der Waals surface area contributed by atoms with Gasteiger partial charge >= 0.3 is 5.69 Å². The molecule has 1 rings (SSSR count). The van der Waals surface area contributed by atoms with Gasteiger partial charge in [-0.15, -0.1) is 0 Å². The number of nitrogens with zero attached hydrogens (tertiary/aromatic N) is 5. The largest absolute Gasteiger partial charge is 0.354 e. The summed E-state index contributed by atoms with van der Waals surface area (Å²) in [4.78, 5) is 33.4. The van der Waals surface area contributed by atoms with E-state index in [1.165, 1.54) is 4.90 Å². The van der Waals surface area contributed by atoms with Crippen molar-refractivity contribution in [2.45, 2.75) is 13.8 Å². The molecular weight excluding hydrogens is 276 g/mol. The van der Waals surface area contributed by atoms with E-state index < -0.39 is 4.92 Å². The lowest BCUT2D eigenvalue weighted by Gasteiger charge is -2.23. The van der Waals surface area contributed by atoms with Gasteiger partial charge in [-0.25, -0.2) is 4.98 Å². The maximum absolute atomic E-state index is 11.8. The number of nitro groups is 1. The minimum Gasteiger partial charge on any atom is -0.354 e. The van der Waals surface area contributed by atoms with Crippen LogP contribution in [0.4, 0.5) is 17.5 Å².